The summed E-state index contributed by atoms with van der Waals surface area (Å²) in [5.41, 5.74) is 0. The summed E-state index contributed by atoms with van der Waals surface area (Å²) in [4.78, 5) is 24.6. The summed E-state index contributed by atoms with van der Waals surface area (Å²) in [6.45, 7) is 3.83. The fourth-order valence-electron chi connectivity index (χ4n) is 8.03. The lowest BCUT2D eigenvalue weighted by molar-refractivity contribution is -0.161. The van der Waals surface area contributed by atoms with Crippen molar-refractivity contribution in [2.75, 3.05) is 13.2 Å². The molecule has 5 nitrogen and oxygen atoms in total. The van der Waals surface area contributed by atoms with Gasteiger partial charge in [-0.2, -0.15) is 0 Å². The lowest BCUT2D eigenvalue weighted by Crippen LogP contribution is -2.28. The Morgan fingerprint density at radius 2 is 0.455 bits per heavy atom. The first kappa shape index (κ1) is 81.2. The third-order valence-electron chi connectivity index (χ3n) is 13.0. The van der Waals surface area contributed by atoms with E-state index >= 15 is 0 Å². The molecule has 0 radical (unpaired) electrons. The third-order valence-corrected chi connectivity index (χ3v) is 13.0. The van der Waals surface area contributed by atoms with Gasteiger partial charge in [-0.3, -0.25) is 9.59 Å². The van der Waals surface area contributed by atoms with Crippen molar-refractivity contribution in [3.63, 3.8) is 0 Å². The Kier molecular flexibility index (Phi) is 68.7. The second kappa shape index (κ2) is 74.4. The lowest BCUT2D eigenvalue weighted by Gasteiger charge is -2.15. The first-order chi connectivity index (χ1) is 43.6. The van der Waals surface area contributed by atoms with Gasteiger partial charge in [0.05, 0.1) is 6.61 Å². The zero-order valence-corrected chi connectivity index (χ0v) is 55.1. The second-order valence-corrected chi connectivity index (χ2v) is 21.1. The van der Waals surface area contributed by atoms with E-state index in [1.54, 1.807) is 0 Å². The van der Waals surface area contributed by atoms with Crippen LogP contribution in [0, 0.1) is 0 Å². The molecule has 0 saturated carbocycles. The van der Waals surface area contributed by atoms with E-state index in [1.807, 2.05) is 0 Å². The first-order valence-corrected chi connectivity index (χ1v) is 33.9. The summed E-state index contributed by atoms with van der Waals surface area (Å²) in [6.07, 6.45) is 127. The Labute approximate surface area is 539 Å². The minimum atomic E-state index is -0.829. The number of aliphatic hydroxyl groups excluding tert-OH is 1. The molecule has 0 aromatic carbocycles. The van der Waals surface area contributed by atoms with Crippen LogP contribution in [0.15, 0.2) is 267 Å². The monoisotopic (exact) mass is 1200 g/mol. The number of aliphatic hydroxyl groups is 1. The van der Waals surface area contributed by atoms with Gasteiger partial charge in [-0.1, -0.05) is 294 Å². The van der Waals surface area contributed by atoms with Gasteiger partial charge >= 0.3 is 11.9 Å². The van der Waals surface area contributed by atoms with Gasteiger partial charge in [0, 0.05) is 12.8 Å². The van der Waals surface area contributed by atoms with E-state index in [0.717, 1.165) is 193 Å². The van der Waals surface area contributed by atoms with Crippen LogP contribution in [-0.4, -0.2) is 36.4 Å². The molecule has 0 fully saturated rings. The highest BCUT2D eigenvalue weighted by molar-refractivity contribution is 5.70. The van der Waals surface area contributed by atoms with Crippen molar-refractivity contribution in [3.05, 3.63) is 267 Å². The molecule has 0 heterocycles. The summed E-state index contributed by atoms with van der Waals surface area (Å²) in [6, 6.07) is 0. The van der Waals surface area contributed by atoms with E-state index in [0.29, 0.717) is 6.42 Å². The van der Waals surface area contributed by atoms with Crippen molar-refractivity contribution in [1.82, 2.24) is 0 Å². The SMILES string of the molecule is CC/C=C\C/C=C\C/C=C\C/C=C\C/C=C\C/C=C\C/C=C\C/C=C\C/C=C\C/C=C\C/C=C\CCCCCC(=O)OCC(CO)OC(=O)CCCCC/C=C\C/C=C\C/C=C\C/C=C\C/C=C\C/C=C\C/C=C\C/C=C\C/C=C\C/C=C\C/C=C\CC. The molecule has 88 heavy (non-hydrogen) atoms. The van der Waals surface area contributed by atoms with Gasteiger partial charge in [-0.05, 0) is 180 Å². The molecule has 482 valence electrons. The van der Waals surface area contributed by atoms with Crippen LogP contribution in [0.25, 0.3) is 0 Å². The average Bonchev–Trinajstić information content (AvgIpc) is 3.55. The Balaban J connectivity index is 3.76. The van der Waals surface area contributed by atoms with Crippen molar-refractivity contribution in [3.8, 4) is 0 Å². The quantitative estimate of drug-likeness (QED) is 0.0373. The molecule has 0 spiro atoms. The van der Waals surface area contributed by atoms with Crippen LogP contribution in [0.4, 0.5) is 0 Å². The van der Waals surface area contributed by atoms with E-state index in [2.05, 4.69) is 281 Å². The van der Waals surface area contributed by atoms with E-state index in [9.17, 15) is 14.7 Å². The Morgan fingerprint density at radius 1 is 0.261 bits per heavy atom. The van der Waals surface area contributed by atoms with Crippen molar-refractivity contribution in [1.29, 1.82) is 0 Å². The van der Waals surface area contributed by atoms with Crippen LogP contribution in [0.1, 0.15) is 219 Å². The topological polar surface area (TPSA) is 72.8 Å². The molecule has 0 amide bonds. The van der Waals surface area contributed by atoms with Gasteiger partial charge in [-0.25, -0.2) is 0 Å². The summed E-state index contributed by atoms with van der Waals surface area (Å²) in [5, 5.41) is 9.68. The molecule has 1 atom stereocenters. The highest BCUT2D eigenvalue weighted by Crippen LogP contribution is 2.10. The van der Waals surface area contributed by atoms with Crippen molar-refractivity contribution in [2.45, 2.75) is 225 Å². The minimum absolute atomic E-state index is 0.117. The number of hydrogen-bond acceptors (Lipinski definition) is 5. The van der Waals surface area contributed by atoms with Gasteiger partial charge in [0.2, 0.25) is 0 Å². The fourth-order valence-corrected chi connectivity index (χ4v) is 8.03. The van der Waals surface area contributed by atoms with Crippen LogP contribution in [0.2, 0.25) is 0 Å². The van der Waals surface area contributed by atoms with Crippen molar-refractivity contribution >= 4 is 11.9 Å². The van der Waals surface area contributed by atoms with Crippen LogP contribution in [0.3, 0.4) is 0 Å². The lowest BCUT2D eigenvalue weighted by atomic mass is 10.1. The second-order valence-electron chi connectivity index (χ2n) is 21.1. The summed E-state index contributed by atoms with van der Waals surface area (Å²) in [5.74, 6) is -0.692. The van der Waals surface area contributed by atoms with Crippen molar-refractivity contribution < 1.29 is 24.2 Å². The number of unbranched alkanes of at least 4 members (excludes halogenated alkanes) is 6. The maximum Gasteiger partial charge on any atom is 0.306 e. The smallest absolute Gasteiger partial charge is 0.306 e. The number of rotatable bonds is 58. The van der Waals surface area contributed by atoms with Crippen LogP contribution in [0.5, 0.6) is 0 Å². The Hall–Kier alpha value is -6.82. The summed E-state index contributed by atoms with van der Waals surface area (Å²) >= 11 is 0. The molecule has 0 aromatic heterocycles. The third kappa shape index (κ3) is 71.7. The number of esters is 2. The predicted molar refractivity (Wildman–Crippen MR) is 388 cm³/mol. The molecular formula is C83H120O5. The van der Waals surface area contributed by atoms with Gasteiger partial charge in [0.1, 0.15) is 6.61 Å². The van der Waals surface area contributed by atoms with Crippen molar-refractivity contribution in [2.24, 2.45) is 0 Å². The molecule has 0 bridgehead atoms. The zero-order valence-electron chi connectivity index (χ0n) is 55.1. The minimum Gasteiger partial charge on any atom is -0.462 e. The molecule has 0 saturated heterocycles. The maximum atomic E-state index is 12.3. The van der Waals surface area contributed by atoms with Crippen LogP contribution >= 0.6 is 0 Å². The standard InChI is InChI=1S/C83H120O5/c1-3-5-7-9-11-13-15-17-19-21-23-25-27-29-31-33-35-37-39-41-43-45-47-49-51-53-55-57-59-61-63-65-67-69-71-73-75-77-82(85)87-80-81(79-84)88-83(86)78-76-74-72-70-68-66-64-62-60-58-56-54-52-50-48-46-44-42-40-38-36-34-32-30-28-26-24-22-20-18-16-14-12-10-8-6-4-2/h5-8,11-14,17-20,23-26,29-32,35-38,41-44,47-50,53-56,59-62,65-68,81,84H,3-4,9-10,15-16,21-22,27-28,33-34,39-40,45-46,51-52,57-58,63-64,69-80H2,1-2H3/b7-5-,8-6-,13-11-,14-12-,19-17-,20-18-,25-23-,26-24-,31-29-,32-30-,37-35-,38-36-,43-41-,44-42-,49-47-,50-48-,55-53-,56-54-,61-59-,62-60-,67-65-,68-66-. The molecule has 0 aromatic rings. The normalized spacial score (nSPS) is 14.0. The number of carbonyl (C=O) groups is 2. The first-order valence-electron chi connectivity index (χ1n) is 33.9. The molecule has 0 aliphatic carbocycles. The average molecular weight is 1200 g/mol. The Bertz CT molecular complexity index is 2290. The zero-order chi connectivity index (χ0) is 63.3. The van der Waals surface area contributed by atoms with E-state index in [1.165, 1.54) is 0 Å². The van der Waals surface area contributed by atoms with Crippen LogP contribution < -0.4 is 0 Å². The number of hydrogen-bond donors (Lipinski definition) is 1. The molecule has 0 aliphatic rings. The molecule has 0 rings (SSSR count). The fraction of sp³-hybridized carbons (Fsp3) is 0.446. The molecule has 0 aliphatic heterocycles. The van der Waals surface area contributed by atoms with E-state index in [-0.39, 0.29) is 31.6 Å². The largest absolute Gasteiger partial charge is 0.462 e. The van der Waals surface area contributed by atoms with Crippen LogP contribution in [-0.2, 0) is 19.1 Å². The Morgan fingerprint density at radius 3 is 0.659 bits per heavy atom. The van der Waals surface area contributed by atoms with Gasteiger partial charge < -0.3 is 14.6 Å². The van der Waals surface area contributed by atoms with Gasteiger partial charge in [-0.15, -0.1) is 0 Å². The number of ether oxygens (including phenoxy) is 2. The van der Waals surface area contributed by atoms with Gasteiger partial charge in [0.25, 0.3) is 0 Å². The van der Waals surface area contributed by atoms with Gasteiger partial charge in [0.15, 0.2) is 6.10 Å². The van der Waals surface area contributed by atoms with E-state index in [4.69, 9.17) is 9.47 Å². The molecule has 5 heteroatoms. The molecular weight excluding hydrogens is 1080 g/mol. The number of allylic oxidation sites excluding steroid dienone is 44. The summed E-state index contributed by atoms with van der Waals surface area (Å²) in [7, 11) is 0. The maximum absolute atomic E-state index is 12.3. The predicted octanol–water partition coefficient (Wildman–Crippen LogP) is 24.2. The highest BCUT2D eigenvalue weighted by atomic mass is 16.6. The summed E-state index contributed by atoms with van der Waals surface area (Å²) < 4.78 is 10.7. The molecule has 1 unspecified atom stereocenters. The highest BCUT2D eigenvalue weighted by Gasteiger charge is 2.16. The number of carbonyl (C=O) groups excluding carboxylic acids is 2. The molecule has 1 N–H and O–H groups in total. The van der Waals surface area contributed by atoms with E-state index < -0.39 is 6.10 Å².